The number of nitriles is 1. The second kappa shape index (κ2) is 9.96. The molecule has 4 rings (SSSR count). The predicted octanol–water partition coefficient (Wildman–Crippen LogP) is 3.92. The van der Waals surface area contributed by atoms with E-state index in [0.717, 1.165) is 41.7 Å². The van der Waals surface area contributed by atoms with Crippen LogP contribution in [0.5, 0.6) is 5.75 Å². The fourth-order valence-corrected chi connectivity index (χ4v) is 3.76. The number of hydrogen-bond acceptors (Lipinski definition) is 4. The first-order chi connectivity index (χ1) is 15.2. The third-order valence-corrected chi connectivity index (χ3v) is 5.34. The topological polar surface area (TPSA) is 76.3 Å². The minimum atomic E-state index is -0.373. The van der Waals surface area contributed by atoms with Crippen LogP contribution in [0.3, 0.4) is 0 Å². The molecule has 1 amide bonds. The zero-order valence-electron chi connectivity index (χ0n) is 17.3. The highest BCUT2D eigenvalue weighted by Gasteiger charge is 2.18. The van der Waals surface area contributed by atoms with Gasteiger partial charge in [0.25, 0.3) is 5.91 Å². The van der Waals surface area contributed by atoms with Crippen molar-refractivity contribution in [3.63, 3.8) is 0 Å². The van der Waals surface area contributed by atoms with Gasteiger partial charge in [-0.1, -0.05) is 36.4 Å². The van der Waals surface area contributed by atoms with Crippen LogP contribution in [0.2, 0.25) is 0 Å². The van der Waals surface area contributed by atoms with Gasteiger partial charge >= 0.3 is 0 Å². The number of ether oxygens (including phenoxy) is 2. The summed E-state index contributed by atoms with van der Waals surface area (Å²) in [5.74, 6) is 0.455. The van der Waals surface area contributed by atoms with Crippen molar-refractivity contribution < 1.29 is 14.3 Å². The second-order valence-corrected chi connectivity index (χ2v) is 7.47. The summed E-state index contributed by atoms with van der Waals surface area (Å²) >= 11 is 0. The Morgan fingerprint density at radius 3 is 2.81 bits per heavy atom. The minimum Gasteiger partial charge on any atom is -0.492 e. The van der Waals surface area contributed by atoms with E-state index >= 15 is 0 Å². The summed E-state index contributed by atoms with van der Waals surface area (Å²) in [6.45, 7) is 2.32. The van der Waals surface area contributed by atoms with Crippen molar-refractivity contribution in [1.29, 1.82) is 5.26 Å². The van der Waals surface area contributed by atoms with Gasteiger partial charge in [-0.25, -0.2) is 0 Å². The molecule has 1 fully saturated rings. The molecule has 1 aromatic heterocycles. The number of para-hydroxylation sites is 2. The van der Waals surface area contributed by atoms with Crippen LogP contribution < -0.4 is 10.1 Å². The van der Waals surface area contributed by atoms with Crippen LogP contribution in [0.1, 0.15) is 18.4 Å². The maximum absolute atomic E-state index is 12.5. The third-order valence-electron chi connectivity index (χ3n) is 5.34. The predicted molar refractivity (Wildman–Crippen MR) is 119 cm³/mol. The van der Waals surface area contributed by atoms with Crippen LogP contribution in [0, 0.1) is 11.3 Å². The molecule has 1 atom stereocenters. The van der Waals surface area contributed by atoms with Gasteiger partial charge in [0.05, 0.1) is 12.6 Å². The quantitative estimate of drug-likeness (QED) is 0.447. The van der Waals surface area contributed by atoms with E-state index in [4.69, 9.17) is 9.47 Å². The fraction of sp³-hybridized carbons (Fsp3) is 0.280. The van der Waals surface area contributed by atoms with Crippen molar-refractivity contribution in [3.05, 3.63) is 71.9 Å². The summed E-state index contributed by atoms with van der Waals surface area (Å²) in [6.07, 6.45) is 5.60. The third kappa shape index (κ3) is 5.14. The van der Waals surface area contributed by atoms with Crippen LogP contribution in [0.25, 0.3) is 17.0 Å². The summed E-state index contributed by atoms with van der Waals surface area (Å²) in [5, 5.41) is 13.4. The van der Waals surface area contributed by atoms with Crippen molar-refractivity contribution in [1.82, 2.24) is 9.88 Å². The summed E-state index contributed by atoms with van der Waals surface area (Å²) in [6, 6.07) is 19.7. The lowest BCUT2D eigenvalue weighted by atomic mass is 10.1. The van der Waals surface area contributed by atoms with Crippen LogP contribution in [-0.2, 0) is 16.1 Å². The molecule has 6 heteroatoms. The van der Waals surface area contributed by atoms with Gasteiger partial charge in [0.15, 0.2) is 0 Å². The van der Waals surface area contributed by atoms with Gasteiger partial charge in [-0.2, -0.15) is 5.26 Å². The molecule has 2 heterocycles. The second-order valence-electron chi connectivity index (χ2n) is 7.47. The summed E-state index contributed by atoms with van der Waals surface area (Å²) in [4.78, 5) is 12.5. The summed E-state index contributed by atoms with van der Waals surface area (Å²) in [7, 11) is 0. The Bertz CT molecular complexity index is 1110. The number of carbonyl (C=O) groups excluding carboxylic acids is 1. The maximum atomic E-state index is 12.5. The molecule has 0 bridgehead atoms. The number of aromatic nitrogens is 1. The average Bonchev–Trinajstić information content (AvgIpc) is 3.45. The molecule has 1 N–H and O–H groups in total. The van der Waals surface area contributed by atoms with Crippen LogP contribution in [0.4, 0.5) is 0 Å². The SMILES string of the molecule is N#C/C(=C\c1cn(CCOc2ccccc2)c2ccccc12)C(=O)NC[C@H]1CCCO1. The molecular weight excluding hydrogens is 390 g/mol. The number of carbonyl (C=O) groups is 1. The average molecular weight is 415 g/mol. The van der Waals surface area contributed by atoms with Gasteiger partial charge in [-0.15, -0.1) is 0 Å². The largest absolute Gasteiger partial charge is 0.492 e. The smallest absolute Gasteiger partial charge is 0.262 e. The number of hydrogen-bond donors (Lipinski definition) is 1. The lowest BCUT2D eigenvalue weighted by Crippen LogP contribution is -2.32. The fourth-order valence-electron chi connectivity index (χ4n) is 3.76. The number of nitrogens with zero attached hydrogens (tertiary/aromatic N) is 2. The number of amides is 1. The highest BCUT2D eigenvalue weighted by atomic mass is 16.5. The van der Waals surface area contributed by atoms with Crippen molar-refractivity contribution in [3.8, 4) is 11.8 Å². The van der Waals surface area contributed by atoms with E-state index in [1.807, 2.05) is 66.9 Å². The first-order valence-electron chi connectivity index (χ1n) is 10.5. The highest BCUT2D eigenvalue weighted by Crippen LogP contribution is 2.24. The first kappa shape index (κ1) is 20.7. The van der Waals surface area contributed by atoms with Gasteiger partial charge in [-0.05, 0) is 37.1 Å². The molecule has 0 saturated carbocycles. The van der Waals surface area contributed by atoms with Crippen molar-refractivity contribution >= 4 is 22.9 Å². The Labute approximate surface area is 181 Å². The molecule has 1 saturated heterocycles. The van der Waals surface area contributed by atoms with Gasteiger partial charge in [-0.3, -0.25) is 4.79 Å². The Kier molecular flexibility index (Phi) is 6.65. The molecule has 6 nitrogen and oxygen atoms in total. The highest BCUT2D eigenvalue weighted by molar-refractivity contribution is 6.04. The standard InChI is InChI=1S/C25H25N3O3/c26-16-19(25(29)27-17-22-9-6-13-30-22)15-20-18-28(24-11-5-4-10-23(20)24)12-14-31-21-7-2-1-3-8-21/h1-5,7-8,10-11,15,18,22H,6,9,12-14,17H2,(H,27,29)/b19-15+/t22-/m1/s1. The van der Waals surface area contributed by atoms with E-state index in [1.165, 1.54) is 0 Å². The summed E-state index contributed by atoms with van der Waals surface area (Å²) in [5.41, 5.74) is 1.95. The Hall–Kier alpha value is -3.56. The van der Waals surface area contributed by atoms with Crippen molar-refractivity contribution in [2.24, 2.45) is 0 Å². The summed E-state index contributed by atoms with van der Waals surface area (Å²) < 4.78 is 13.4. The van der Waals surface area contributed by atoms with Gasteiger partial charge in [0.1, 0.15) is 24.0 Å². The van der Waals surface area contributed by atoms with Crippen molar-refractivity contribution in [2.45, 2.75) is 25.5 Å². The molecule has 0 aliphatic carbocycles. The minimum absolute atomic E-state index is 0.0374. The molecule has 0 spiro atoms. The van der Waals surface area contributed by atoms with Crippen molar-refractivity contribution in [2.75, 3.05) is 19.8 Å². The first-order valence-corrected chi connectivity index (χ1v) is 10.5. The molecule has 0 unspecified atom stereocenters. The molecule has 0 radical (unpaired) electrons. The number of rotatable bonds is 8. The zero-order valence-corrected chi connectivity index (χ0v) is 17.3. The van der Waals surface area contributed by atoms with Gasteiger partial charge in [0.2, 0.25) is 0 Å². The lowest BCUT2D eigenvalue weighted by Gasteiger charge is -2.10. The van der Waals surface area contributed by atoms with Gasteiger partial charge < -0.3 is 19.4 Å². The van der Waals surface area contributed by atoms with Crippen LogP contribution >= 0.6 is 0 Å². The number of nitrogens with one attached hydrogen (secondary N) is 1. The number of fused-ring (bicyclic) bond motifs is 1. The van der Waals surface area contributed by atoms with Gasteiger partial charge in [0, 0.05) is 35.8 Å². The molecule has 31 heavy (non-hydrogen) atoms. The lowest BCUT2D eigenvalue weighted by molar-refractivity contribution is -0.117. The molecule has 1 aliphatic rings. The van der Waals surface area contributed by atoms with E-state index in [0.29, 0.717) is 19.7 Å². The maximum Gasteiger partial charge on any atom is 0.262 e. The van der Waals surface area contributed by atoms with E-state index in [-0.39, 0.29) is 17.6 Å². The van der Waals surface area contributed by atoms with E-state index in [9.17, 15) is 10.1 Å². The van der Waals surface area contributed by atoms with Crippen LogP contribution in [-0.4, -0.2) is 36.3 Å². The molecule has 3 aromatic rings. The molecular formula is C25H25N3O3. The Balaban J connectivity index is 1.49. The Morgan fingerprint density at radius 2 is 2.03 bits per heavy atom. The van der Waals surface area contributed by atoms with E-state index in [2.05, 4.69) is 9.88 Å². The zero-order chi connectivity index (χ0) is 21.5. The van der Waals surface area contributed by atoms with Crippen LogP contribution in [0.15, 0.2) is 66.4 Å². The number of benzene rings is 2. The van der Waals surface area contributed by atoms with E-state index < -0.39 is 0 Å². The monoisotopic (exact) mass is 415 g/mol. The van der Waals surface area contributed by atoms with E-state index in [1.54, 1.807) is 6.08 Å². The normalized spacial score (nSPS) is 16.2. The molecule has 2 aromatic carbocycles. The molecule has 158 valence electrons. The Morgan fingerprint density at radius 1 is 1.23 bits per heavy atom. The molecule has 1 aliphatic heterocycles.